The fourth-order valence-electron chi connectivity index (χ4n) is 1.72. The van der Waals surface area contributed by atoms with E-state index in [-0.39, 0.29) is 19.0 Å². The Balaban J connectivity index is 0.00000200. The molecule has 112 valence electrons. The van der Waals surface area contributed by atoms with Gasteiger partial charge in [-0.05, 0) is 17.7 Å². The number of hydrogen-bond donors (Lipinski definition) is 1. The lowest BCUT2D eigenvalue weighted by Gasteiger charge is -2.24. The number of carbonyl (C=O) groups excluding carboxylic acids is 1. The molecule has 0 bridgehead atoms. The van der Waals surface area contributed by atoms with Crippen LogP contribution in [0.1, 0.15) is 18.0 Å². The van der Waals surface area contributed by atoms with E-state index >= 15 is 0 Å². The van der Waals surface area contributed by atoms with Gasteiger partial charge in [-0.3, -0.25) is 0 Å². The van der Waals surface area contributed by atoms with E-state index in [1.54, 1.807) is 0 Å². The normalized spacial score (nSPS) is 18.6. The summed E-state index contributed by atoms with van der Waals surface area (Å²) in [6, 6.07) is 2.55. The Labute approximate surface area is 117 Å². The summed E-state index contributed by atoms with van der Waals surface area (Å²) in [5.41, 5.74) is 0.351. The van der Waals surface area contributed by atoms with E-state index in [1.165, 1.54) is 6.07 Å². The molecule has 1 amide bonds. The zero-order valence-corrected chi connectivity index (χ0v) is 10.7. The zero-order chi connectivity index (χ0) is 14.0. The second kappa shape index (κ2) is 6.17. The monoisotopic (exact) mass is 315 g/mol. The molecule has 1 saturated heterocycles. The van der Waals surface area contributed by atoms with Gasteiger partial charge < -0.3 is 14.8 Å². The van der Waals surface area contributed by atoms with E-state index in [2.05, 4.69) is 14.8 Å². The molecule has 0 radical (unpaired) electrons. The SMILES string of the molecule is Cl.O=C1N[C@@H](c2ccc(OC(F)(F)F)c(F)c2)CCO1. The number of alkyl halides is 3. The van der Waals surface area contributed by atoms with Crippen molar-refractivity contribution in [2.45, 2.75) is 18.8 Å². The fourth-order valence-corrected chi connectivity index (χ4v) is 1.72. The summed E-state index contributed by atoms with van der Waals surface area (Å²) < 4.78 is 57.5. The molecule has 1 aromatic rings. The molecular weight excluding hydrogens is 306 g/mol. The van der Waals surface area contributed by atoms with Gasteiger partial charge in [-0.15, -0.1) is 25.6 Å². The van der Waals surface area contributed by atoms with Gasteiger partial charge >= 0.3 is 12.5 Å². The number of carbonyl (C=O) groups is 1. The van der Waals surface area contributed by atoms with Crippen molar-refractivity contribution >= 4 is 18.5 Å². The minimum absolute atomic E-state index is 0. The molecule has 1 atom stereocenters. The average molecular weight is 316 g/mol. The van der Waals surface area contributed by atoms with Crippen LogP contribution >= 0.6 is 12.4 Å². The number of hydrogen-bond acceptors (Lipinski definition) is 3. The number of alkyl carbamates (subject to hydrolysis) is 1. The van der Waals surface area contributed by atoms with Crippen LogP contribution in [0.3, 0.4) is 0 Å². The first-order chi connectivity index (χ1) is 8.85. The maximum atomic E-state index is 13.5. The Bertz CT molecular complexity index is 495. The van der Waals surface area contributed by atoms with Gasteiger partial charge in [-0.25, -0.2) is 9.18 Å². The second-order valence-corrected chi connectivity index (χ2v) is 3.86. The van der Waals surface area contributed by atoms with Crippen molar-refractivity contribution in [3.63, 3.8) is 0 Å². The highest BCUT2D eigenvalue weighted by atomic mass is 35.5. The highest BCUT2D eigenvalue weighted by molar-refractivity contribution is 5.85. The van der Waals surface area contributed by atoms with Gasteiger partial charge in [0.15, 0.2) is 11.6 Å². The average Bonchev–Trinajstić information content (AvgIpc) is 2.30. The number of benzene rings is 1. The largest absolute Gasteiger partial charge is 0.573 e. The Kier molecular flexibility index (Phi) is 5.04. The highest BCUT2D eigenvalue weighted by Gasteiger charge is 2.32. The number of cyclic esters (lactones) is 1. The van der Waals surface area contributed by atoms with E-state index in [0.717, 1.165) is 12.1 Å². The van der Waals surface area contributed by atoms with Gasteiger partial charge in [-0.2, -0.15) is 0 Å². The lowest BCUT2D eigenvalue weighted by Crippen LogP contribution is -2.35. The van der Waals surface area contributed by atoms with Crippen molar-refractivity contribution in [1.82, 2.24) is 5.32 Å². The summed E-state index contributed by atoms with van der Waals surface area (Å²) in [4.78, 5) is 11.0. The minimum Gasteiger partial charge on any atom is -0.449 e. The number of nitrogens with one attached hydrogen (secondary N) is 1. The van der Waals surface area contributed by atoms with E-state index in [9.17, 15) is 22.4 Å². The maximum absolute atomic E-state index is 13.5. The van der Waals surface area contributed by atoms with Crippen LogP contribution < -0.4 is 10.1 Å². The number of halogens is 5. The summed E-state index contributed by atoms with van der Waals surface area (Å²) in [5.74, 6) is -2.05. The fraction of sp³-hybridized carbons (Fsp3) is 0.364. The van der Waals surface area contributed by atoms with Crippen LogP contribution in [-0.4, -0.2) is 19.1 Å². The third-order valence-electron chi connectivity index (χ3n) is 2.52. The molecule has 9 heteroatoms. The lowest BCUT2D eigenvalue weighted by atomic mass is 10.0. The van der Waals surface area contributed by atoms with Crippen molar-refractivity contribution in [3.05, 3.63) is 29.6 Å². The predicted octanol–water partition coefficient (Wildman–Crippen LogP) is 3.32. The first-order valence-corrected chi connectivity index (χ1v) is 5.33. The molecule has 1 fully saturated rings. The Morgan fingerprint density at radius 1 is 1.35 bits per heavy atom. The minimum atomic E-state index is -4.95. The molecule has 1 heterocycles. The maximum Gasteiger partial charge on any atom is 0.573 e. The summed E-state index contributed by atoms with van der Waals surface area (Å²) in [5, 5.41) is 2.44. The van der Waals surface area contributed by atoms with Gasteiger partial charge in [0.2, 0.25) is 0 Å². The quantitative estimate of drug-likeness (QED) is 0.852. The van der Waals surface area contributed by atoms with Crippen LogP contribution in [0.5, 0.6) is 5.75 Å². The summed E-state index contributed by atoms with van der Waals surface area (Å²) in [6.07, 6.45) is -5.19. The molecule has 0 unspecified atom stereocenters. The van der Waals surface area contributed by atoms with E-state index < -0.39 is 30.1 Å². The summed E-state index contributed by atoms with van der Waals surface area (Å²) >= 11 is 0. The van der Waals surface area contributed by atoms with Crippen molar-refractivity contribution in [2.24, 2.45) is 0 Å². The first kappa shape index (κ1) is 16.4. The number of amides is 1. The highest BCUT2D eigenvalue weighted by Crippen LogP contribution is 2.29. The Hall–Kier alpha value is -1.70. The topological polar surface area (TPSA) is 47.6 Å². The third-order valence-corrected chi connectivity index (χ3v) is 2.52. The molecular formula is C11H10ClF4NO3. The van der Waals surface area contributed by atoms with Crippen molar-refractivity contribution in [3.8, 4) is 5.75 Å². The third kappa shape index (κ3) is 4.16. The molecule has 4 nitrogen and oxygen atoms in total. The van der Waals surface area contributed by atoms with Crippen molar-refractivity contribution < 1.29 is 31.8 Å². The molecule has 20 heavy (non-hydrogen) atoms. The van der Waals surface area contributed by atoms with E-state index in [0.29, 0.717) is 12.0 Å². The zero-order valence-electron chi connectivity index (χ0n) is 9.87. The van der Waals surface area contributed by atoms with Gasteiger partial charge in [0.05, 0.1) is 12.6 Å². The Morgan fingerprint density at radius 3 is 2.60 bits per heavy atom. The van der Waals surface area contributed by atoms with Crippen molar-refractivity contribution in [2.75, 3.05) is 6.61 Å². The van der Waals surface area contributed by atoms with Crippen LogP contribution in [0.2, 0.25) is 0 Å². The van der Waals surface area contributed by atoms with Gasteiger partial charge in [0.25, 0.3) is 0 Å². The molecule has 0 aromatic heterocycles. The van der Waals surface area contributed by atoms with Gasteiger partial charge in [-0.1, -0.05) is 6.07 Å². The summed E-state index contributed by atoms with van der Waals surface area (Å²) in [7, 11) is 0. The Morgan fingerprint density at radius 2 is 2.05 bits per heavy atom. The number of ether oxygens (including phenoxy) is 2. The first-order valence-electron chi connectivity index (χ1n) is 5.33. The summed E-state index contributed by atoms with van der Waals surface area (Å²) in [6.45, 7) is 0.166. The molecule has 0 saturated carbocycles. The second-order valence-electron chi connectivity index (χ2n) is 3.86. The predicted molar refractivity (Wildman–Crippen MR) is 62.2 cm³/mol. The van der Waals surface area contributed by atoms with E-state index in [1.807, 2.05) is 0 Å². The molecule has 1 aliphatic rings. The van der Waals surface area contributed by atoms with Crippen LogP contribution in [0.25, 0.3) is 0 Å². The van der Waals surface area contributed by atoms with Crippen LogP contribution in [-0.2, 0) is 4.74 Å². The van der Waals surface area contributed by atoms with Crippen LogP contribution in [0, 0.1) is 5.82 Å². The molecule has 2 rings (SSSR count). The molecule has 1 N–H and O–H groups in total. The molecule has 0 spiro atoms. The number of rotatable bonds is 2. The standard InChI is InChI=1S/C11H9F4NO3.ClH/c12-7-5-6(8-3-4-18-10(17)16-8)1-2-9(7)19-11(13,14)15;/h1-2,5,8H,3-4H2,(H,16,17);1H/t8-;/m1./s1. The molecule has 1 aromatic carbocycles. The van der Waals surface area contributed by atoms with Crippen LogP contribution in [0.15, 0.2) is 18.2 Å². The van der Waals surface area contributed by atoms with E-state index in [4.69, 9.17) is 0 Å². The lowest BCUT2D eigenvalue weighted by molar-refractivity contribution is -0.275. The van der Waals surface area contributed by atoms with Gasteiger partial charge in [0, 0.05) is 6.42 Å². The molecule has 0 aliphatic carbocycles. The molecule has 1 aliphatic heterocycles. The van der Waals surface area contributed by atoms with Gasteiger partial charge in [0.1, 0.15) is 0 Å². The van der Waals surface area contributed by atoms with Crippen LogP contribution in [0.4, 0.5) is 22.4 Å². The van der Waals surface area contributed by atoms with Crippen molar-refractivity contribution in [1.29, 1.82) is 0 Å². The smallest absolute Gasteiger partial charge is 0.449 e.